The molecule has 0 aliphatic rings. The third-order valence-electron chi connectivity index (χ3n) is 5.61. The predicted octanol–water partition coefficient (Wildman–Crippen LogP) is 5.05. The van der Waals surface area contributed by atoms with Gasteiger partial charge in [0.05, 0.1) is 16.0 Å². The molecule has 5 aromatic rings. The first-order chi connectivity index (χ1) is 17.0. The van der Waals surface area contributed by atoms with E-state index in [0.717, 1.165) is 34.0 Å². The molecule has 0 fully saturated rings. The lowest BCUT2D eigenvalue weighted by Gasteiger charge is -2.24. The Labute approximate surface area is 209 Å². The molecule has 5 rings (SSSR count). The van der Waals surface area contributed by atoms with Crippen molar-refractivity contribution in [2.75, 3.05) is 0 Å². The molecule has 0 aliphatic heterocycles. The highest BCUT2D eigenvalue weighted by Crippen LogP contribution is 2.37. The van der Waals surface area contributed by atoms with Gasteiger partial charge >= 0.3 is 0 Å². The number of nitrogens with one attached hydrogen (secondary N) is 2. The fourth-order valence-electron chi connectivity index (χ4n) is 3.90. The Hall–Kier alpha value is -3.94. The minimum atomic E-state index is -0.540. The quantitative estimate of drug-likeness (QED) is 0.341. The van der Waals surface area contributed by atoms with Crippen LogP contribution in [0, 0.1) is 0 Å². The molecular formula is C27H19ClN3O3S-. The van der Waals surface area contributed by atoms with Gasteiger partial charge in [0.25, 0.3) is 5.56 Å². The van der Waals surface area contributed by atoms with Crippen molar-refractivity contribution >= 4 is 23.4 Å². The second kappa shape index (κ2) is 9.74. The Bertz CT molecular complexity index is 1570. The van der Waals surface area contributed by atoms with E-state index >= 15 is 0 Å². The Kier molecular flexibility index (Phi) is 6.35. The topological polar surface area (TPSA) is 93.7 Å². The molecule has 1 unspecified atom stereocenters. The lowest BCUT2D eigenvalue weighted by Crippen LogP contribution is -2.18. The van der Waals surface area contributed by atoms with Crippen molar-refractivity contribution in [1.82, 2.24) is 14.8 Å². The zero-order valence-electron chi connectivity index (χ0n) is 18.3. The summed E-state index contributed by atoms with van der Waals surface area (Å²) in [5.41, 5.74) is 2.81. The number of hydrogen-bond acceptors (Lipinski definition) is 4. The van der Waals surface area contributed by atoms with Gasteiger partial charge in [-0.05, 0) is 40.5 Å². The zero-order valence-corrected chi connectivity index (χ0v) is 19.8. The van der Waals surface area contributed by atoms with Crippen LogP contribution >= 0.6 is 23.4 Å². The summed E-state index contributed by atoms with van der Waals surface area (Å²) < 4.78 is 1.37. The Morgan fingerprint density at radius 3 is 2.14 bits per heavy atom. The molecular weight excluding hydrogens is 482 g/mol. The minimum Gasteiger partial charge on any atom is -0.858 e. The highest BCUT2D eigenvalue weighted by atomic mass is 35.5. The first-order valence-corrected chi connectivity index (χ1v) is 12.0. The van der Waals surface area contributed by atoms with Crippen molar-refractivity contribution in [1.29, 1.82) is 0 Å². The molecule has 0 amide bonds. The second-order valence-electron chi connectivity index (χ2n) is 7.85. The lowest BCUT2D eigenvalue weighted by molar-refractivity contribution is -0.284. The van der Waals surface area contributed by atoms with Crippen LogP contribution < -0.4 is 16.2 Å². The number of halogens is 1. The third kappa shape index (κ3) is 4.69. The molecule has 0 bridgehead atoms. The van der Waals surface area contributed by atoms with Crippen LogP contribution in [0.4, 0.5) is 0 Å². The molecule has 35 heavy (non-hydrogen) atoms. The summed E-state index contributed by atoms with van der Waals surface area (Å²) in [6, 6.07) is 27.0. The van der Waals surface area contributed by atoms with Crippen LogP contribution in [-0.4, -0.2) is 14.8 Å². The van der Waals surface area contributed by atoms with E-state index in [1.54, 1.807) is 36.5 Å². The van der Waals surface area contributed by atoms with Gasteiger partial charge in [-0.25, -0.2) is 0 Å². The number of nitrogens with zero attached hydrogens (tertiary/aromatic N) is 1. The van der Waals surface area contributed by atoms with Gasteiger partial charge in [-0.3, -0.25) is 19.4 Å². The normalized spacial score (nSPS) is 11.9. The van der Waals surface area contributed by atoms with Crippen molar-refractivity contribution in [2.24, 2.45) is 0 Å². The van der Waals surface area contributed by atoms with Crippen LogP contribution in [0.1, 0.15) is 17.2 Å². The highest BCUT2D eigenvalue weighted by molar-refractivity contribution is 7.99. The molecule has 8 heteroatoms. The molecule has 6 nitrogen and oxygen atoms in total. The van der Waals surface area contributed by atoms with Crippen molar-refractivity contribution < 1.29 is 5.11 Å². The van der Waals surface area contributed by atoms with Gasteiger partial charge in [0, 0.05) is 23.0 Å². The summed E-state index contributed by atoms with van der Waals surface area (Å²) in [6.07, 6.45) is 1.66. The number of rotatable bonds is 6. The number of aromatic nitrogens is 3. The SMILES string of the molecule is O=c1ccc(-c2ccc(C(c3ccccc3)n3[nH]c(=O)c(Sc4ccccc4Cl)c3[O-])cc2)c[nH]1. The van der Waals surface area contributed by atoms with Crippen LogP contribution in [0.5, 0.6) is 5.88 Å². The smallest absolute Gasteiger partial charge is 0.277 e. The average molecular weight is 501 g/mol. The largest absolute Gasteiger partial charge is 0.858 e. The standard InChI is InChI=1S/C27H20ClN3O3S/c28-21-8-4-5-9-22(21)35-25-26(33)30-31(27(25)34)24(18-6-2-1-3-7-18)19-12-10-17(11-13-19)20-14-15-23(32)29-16-20/h1-16,24,34H,(H,29,32)(H,30,33)/p-1. The van der Waals surface area contributed by atoms with Crippen LogP contribution in [0.25, 0.3) is 11.1 Å². The Morgan fingerprint density at radius 2 is 1.46 bits per heavy atom. The van der Waals surface area contributed by atoms with E-state index in [9.17, 15) is 14.7 Å². The maximum Gasteiger partial charge on any atom is 0.277 e. The summed E-state index contributed by atoms with van der Waals surface area (Å²) >= 11 is 7.31. The molecule has 0 saturated carbocycles. The number of aromatic amines is 2. The van der Waals surface area contributed by atoms with Gasteiger partial charge in [0.2, 0.25) is 5.56 Å². The second-order valence-corrected chi connectivity index (χ2v) is 9.31. The predicted molar refractivity (Wildman–Crippen MR) is 136 cm³/mol. The Morgan fingerprint density at radius 1 is 0.800 bits per heavy atom. The summed E-state index contributed by atoms with van der Waals surface area (Å²) in [6.45, 7) is 0. The van der Waals surface area contributed by atoms with E-state index in [-0.39, 0.29) is 10.5 Å². The molecule has 0 aliphatic carbocycles. The van der Waals surface area contributed by atoms with Gasteiger partial charge in [0.1, 0.15) is 0 Å². The molecule has 2 heterocycles. The fourth-order valence-corrected chi connectivity index (χ4v) is 5.01. The van der Waals surface area contributed by atoms with E-state index < -0.39 is 17.5 Å². The number of pyridine rings is 1. The van der Waals surface area contributed by atoms with Crippen molar-refractivity contribution in [2.45, 2.75) is 15.8 Å². The maximum atomic E-state index is 13.4. The van der Waals surface area contributed by atoms with Gasteiger partial charge in [0.15, 0.2) is 0 Å². The molecule has 0 radical (unpaired) electrons. The molecule has 0 spiro atoms. The highest BCUT2D eigenvalue weighted by Gasteiger charge is 2.21. The summed E-state index contributed by atoms with van der Waals surface area (Å²) in [5, 5.41) is 16.7. The first kappa shape index (κ1) is 22.8. The summed E-state index contributed by atoms with van der Waals surface area (Å²) in [4.78, 5) is 27.6. The van der Waals surface area contributed by atoms with Gasteiger partial charge in [-0.15, -0.1) is 0 Å². The third-order valence-corrected chi connectivity index (χ3v) is 7.19. The lowest BCUT2D eigenvalue weighted by atomic mass is 9.96. The van der Waals surface area contributed by atoms with Crippen molar-refractivity contribution in [3.05, 3.63) is 134 Å². The van der Waals surface area contributed by atoms with E-state index in [4.69, 9.17) is 11.6 Å². The van der Waals surface area contributed by atoms with Crippen molar-refractivity contribution in [3.63, 3.8) is 0 Å². The first-order valence-electron chi connectivity index (χ1n) is 10.8. The van der Waals surface area contributed by atoms with Crippen molar-refractivity contribution in [3.8, 4) is 17.0 Å². The van der Waals surface area contributed by atoms with Crippen LogP contribution in [-0.2, 0) is 0 Å². The molecule has 2 aromatic heterocycles. The molecule has 1 atom stereocenters. The number of H-pyrrole nitrogens is 2. The van der Waals surface area contributed by atoms with Crippen LogP contribution in [0.3, 0.4) is 0 Å². The molecule has 2 N–H and O–H groups in total. The maximum absolute atomic E-state index is 13.4. The van der Waals surface area contributed by atoms with Gasteiger partial charge in [-0.1, -0.05) is 90.1 Å². The molecule has 3 aromatic carbocycles. The van der Waals surface area contributed by atoms with E-state index in [1.807, 2.05) is 54.6 Å². The van der Waals surface area contributed by atoms with Gasteiger partial charge < -0.3 is 10.1 Å². The molecule has 174 valence electrons. The monoisotopic (exact) mass is 500 g/mol. The van der Waals surface area contributed by atoms with E-state index in [2.05, 4.69) is 10.1 Å². The molecule has 0 saturated heterocycles. The summed E-state index contributed by atoms with van der Waals surface area (Å²) in [7, 11) is 0. The van der Waals surface area contributed by atoms with E-state index in [0.29, 0.717) is 9.92 Å². The average Bonchev–Trinajstić information content (AvgIpc) is 3.15. The van der Waals surface area contributed by atoms with Crippen LogP contribution in [0.2, 0.25) is 5.02 Å². The number of hydrogen-bond donors (Lipinski definition) is 2. The zero-order chi connectivity index (χ0) is 24.4. The fraction of sp³-hybridized carbons (Fsp3) is 0.0370. The Balaban J connectivity index is 1.57. The van der Waals surface area contributed by atoms with Gasteiger partial charge in [-0.2, -0.15) is 0 Å². The van der Waals surface area contributed by atoms with E-state index in [1.165, 1.54) is 10.7 Å². The minimum absolute atomic E-state index is 0.0592. The summed E-state index contributed by atoms with van der Waals surface area (Å²) in [5.74, 6) is -0.418. The van der Waals surface area contributed by atoms with Crippen LogP contribution in [0.15, 0.2) is 117 Å². The number of benzene rings is 3.